The molecular weight excluding hydrogens is 310 g/mol. The number of halogens is 1. The van der Waals surface area contributed by atoms with Gasteiger partial charge in [0.1, 0.15) is 0 Å². The number of likely N-dealkylation sites (tertiary alicyclic amines) is 1. The van der Waals surface area contributed by atoms with Gasteiger partial charge < -0.3 is 4.90 Å². The molecule has 116 valence electrons. The summed E-state index contributed by atoms with van der Waals surface area (Å²) in [6.45, 7) is 6.01. The molecule has 21 heavy (non-hydrogen) atoms. The molecule has 6 heteroatoms. The Balaban J connectivity index is 1.90. The van der Waals surface area contributed by atoms with Crippen LogP contribution in [0.5, 0.6) is 0 Å². The first-order chi connectivity index (χ1) is 9.77. The van der Waals surface area contributed by atoms with Crippen molar-refractivity contribution in [3.63, 3.8) is 0 Å². The van der Waals surface area contributed by atoms with Crippen LogP contribution in [0.4, 0.5) is 0 Å². The molecule has 1 fully saturated rings. The second-order valence-corrected chi connectivity index (χ2v) is 8.40. The van der Waals surface area contributed by atoms with Gasteiger partial charge in [-0.2, -0.15) is 0 Å². The van der Waals surface area contributed by atoms with E-state index in [1.807, 2.05) is 4.90 Å². The Labute approximate surface area is 130 Å². The van der Waals surface area contributed by atoms with Crippen molar-refractivity contribution in [2.75, 3.05) is 13.1 Å². The largest absolute Gasteiger partial charge is 0.342 e. The van der Waals surface area contributed by atoms with Gasteiger partial charge in [0.25, 0.3) is 9.05 Å². The van der Waals surface area contributed by atoms with Crippen molar-refractivity contribution in [3.8, 4) is 0 Å². The average molecular weight is 330 g/mol. The van der Waals surface area contributed by atoms with E-state index in [1.165, 1.54) is 12.1 Å². The molecule has 4 nitrogen and oxygen atoms in total. The van der Waals surface area contributed by atoms with Gasteiger partial charge in [-0.1, -0.05) is 26.0 Å². The fourth-order valence-electron chi connectivity index (χ4n) is 2.56. The van der Waals surface area contributed by atoms with Gasteiger partial charge in [-0.05, 0) is 36.0 Å². The molecule has 1 aliphatic rings. The molecule has 0 radical (unpaired) electrons. The zero-order valence-electron chi connectivity index (χ0n) is 12.3. The summed E-state index contributed by atoms with van der Waals surface area (Å²) < 4.78 is 22.3. The molecule has 0 saturated carbocycles. The van der Waals surface area contributed by atoms with Crippen molar-refractivity contribution < 1.29 is 13.2 Å². The first-order valence-corrected chi connectivity index (χ1v) is 9.39. The molecule has 1 saturated heterocycles. The number of carbonyl (C=O) groups excluding carboxylic acids is 1. The average Bonchev–Trinajstić information content (AvgIpc) is 2.75. The summed E-state index contributed by atoms with van der Waals surface area (Å²) in [6, 6.07) is 6.36. The van der Waals surface area contributed by atoms with E-state index in [1.54, 1.807) is 12.1 Å². The monoisotopic (exact) mass is 329 g/mol. The predicted octanol–water partition coefficient (Wildman–Crippen LogP) is 2.66. The SMILES string of the molecule is CC1CN(C(=O)CCc2ccc(S(=O)(=O)Cl)cc2)CC1C. The molecule has 1 amide bonds. The summed E-state index contributed by atoms with van der Waals surface area (Å²) in [5.74, 6) is 1.28. The number of amides is 1. The van der Waals surface area contributed by atoms with Gasteiger partial charge in [0.15, 0.2) is 0 Å². The van der Waals surface area contributed by atoms with Gasteiger partial charge in [0.2, 0.25) is 5.91 Å². The maximum absolute atomic E-state index is 12.1. The van der Waals surface area contributed by atoms with Crippen molar-refractivity contribution in [1.29, 1.82) is 0 Å². The van der Waals surface area contributed by atoms with Crippen LogP contribution in [-0.4, -0.2) is 32.3 Å². The highest BCUT2D eigenvalue weighted by molar-refractivity contribution is 8.13. The maximum Gasteiger partial charge on any atom is 0.261 e. The summed E-state index contributed by atoms with van der Waals surface area (Å²) in [7, 11) is 1.58. The number of benzene rings is 1. The normalized spacial score (nSPS) is 22.5. The highest BCUT2D eigenvalue weighted by Crippen LogP contribution is 2.23. The lowest BCUT2D eigenvalue weighted by Crippen LogP contribution is -2.29. The van der Waals surface area contributed by atoms with Crippen LogP contribution in [0.2, 0.25) is 0 Å². The van der Waals surface area contributed by atoms with Crippen LogP contribution in [0.15, 0.2) is 29.2 Å². The lowest BCUT2D eigenvalue weighted by molar-refractivity contribution is -0.130. The Hall–Kier alpha value is -1.07. The Morgan fingerprint density at radius 3 is 2.19 bits per heavy atom. The first-order valence-electron chi connectivity index (χ1n) is 7.08. The topological polar surface area (TPSA) is 54.5 Å². The molecule has 0 bridgehead atoms. The zero-order chi connectivity index (χ0) is 15.6. The summed E-state index contributed by atoms with van der Waals surface area (Å²) in [4.78, 5) is 14.2. The Kier molecular flexibility index (Phi) is 4.94. The van der Waals surface area contributed by atoms with Crippen LogP contribution < -0.4 is 0 Å². The maximum atomic E-state index is 12.1. The number of hydrogen-bond acceptors (Lipinski definition) is 3. The van der Waals surface area contributed by atoms with Crippen LogP contribution in [0, 0.1) is 11.8 Å². The van der Waals surface area contributed by atoms with Gasteiger partial charge in [-0.15, -0.1) is 0 Å². The Bertz CT molecular complexity index is 602. The lowest BCUT2D eigenvalue weighted by Gasteiger charge is -2.15. The molecule has 2 rings (SSSR count). The summed E-state index contributed by atoms with van der Waals surface area (Å²) in [5.41, 5.74) is 0.938. The third-order valence-electron chi connectivity index (χ3n) is 4.17. The van der Waals surface area contributed by atoms with Gasteiger partial charge in [-0.3, -0.25) is 4.79 Å². The minimum atomic E-state index is -3.68. The van der Waals surface area contributed by atoms with Crippen LogP contribution in [-0.2, 0) is 20.3 Å². The fourth-order valence-corrected chi connectivity index (χ4v) is 3.33. The smallest absolute Gasteiger partial charge is 0.261 e. The van der Waals surface area contributed by atoms with Crippen LogP contribution in [0.3, 0.4) is 0 Å². The van der Waals surface area contributed by atoms with Gasteiger partial charge in [0.05, 0.1) is 4.90 Å². The number of aryl methyl sites for hydroxylation is 1. The van der Waals surface area contributed by atoms with Gasteiger partial charge >= 0.3 is 0 Å². The van der Waals surface area contributed by atoms with E-state index >= 15 is 0 Å². The third kappa shape index (κ3) is 4.20. The highest BCUT2D eigenvalue weighted by Gasteiger charge is 2.28. The van der Waals surface area contributed by atoms with E-state index in [0.29, 0.717) is 24.7 Å². The third-order valence-corrected chi connectivity index (χ3v) is 5.54. The number of nitrogens with zero attached hydrogens (tertiary/aromatic N) is 1. The minimum absolute atomic E-state index is 0.0847. The highest BCUT2D eigenvalue weighted by atomic mass is 35.7. The second-order valence-electron chi connectivity index (χ2n) is 5.84. The minimum Gasteiger partial charge on any atom is -0.342 e. The molecule has 1 aliphatic heterocycles. The van der Waals surface area contributed by atoms with Gasteiger partial charge in [-0.25, -0.2) is 8.42 Å². The summed E-state index contributed by atoms with van der Waals surface area (Å²) >= 11 is 0. The van der Waals surface area contributed by atoms with E-state index in [9.17, 15) is 13.2 Å². The molecule has 0 spiro atoms. The summed E-state index contributed by atoms with van der Waals surface area (Å²) in [5, 5.41) is 0. The second kappa shape index (κ2) is 6.36. The van der Waals surface area contributed by atoms with Crippen molar-refractivity contribution in [3.05, 3.63) is 29.8 Å². The summed E-state index contributed by atoms with van der Waals surface area (Å²) in [6.07, 6.45) is 1.06. The molecule has 0 aliphatic carbocycles. The number of rotatable bonds is 4. The van der Waals surface area contributed by atoms with Crippen LogP contribution in [0.25, 0.3) is 0 Å². The predicted molar refractivity (Wildman–Crippen MR) is 82.7 cm³/mol. The lowest BCUT2D eigenvalue weighted by atomic mass is 10.0. The molecular formula is C15H20ClNO3S. The van der Waals surface area contributed by atoms with Crippen molar-refractivity contribution in [1.82, 2.24) is 4.90 Å². The molecule has 1 aromatic carbocycles. The van der Waals surface area contributed by atoms with E-state index in [2.05, 4.69) is 13.8 Å². The van der Waals surface area contributed by atoms with E-state index < -0.39 is 9.05 Å². The van der Waals surface area contributed by atoms with Crippen LogP contribution in [0.1, 0.15) is 25.8 Å². The van der Waals surface area contributed by atoms with Crippen molar-refractivity contribution >= 4 is 25.6 Å². The van der Waals surface area contributed by atoms with E-state index in [-0.39, 0.29) is 10.8 Å². The molecule has 2 unspecified atom stereocenters. The van der Waals surface area contributed by atoms with Crippen molar-refractivity contribution in [2.45, 2.75) is 31.6 Å². The Morgan fingerprint density at radius 2 is 1.71 bits per heavy atom. The van der Waals surface area contributed by atoms with Gasteiger partial charge in [0, 0.05) is 30.2 Å². The fraction of sp³-hybridized carbons (Fsp3) is 0.533. The van der Waals surface area contributed by atoms with Crippen molar-refractivity contribution in [2.24, 2.45) is 11.8 Å². The molecule has 2 atom stereocenters. The molecule has 1 aromatic rings. The number of hydrogen-bond donors (Lipinski definition) is 0. The standard InChI is InChI=1S/C15H20ClNO3S/c1-11-9-17(10-12(11)2)15(18)8-5-13-3-6-14(7-4-13)21(16,19)20/h3-4,6-7,11-12H,5,8-10H2,1-2H3. The first kappa shape index (κ1) is 16.3. The molecule has 0 aromatic heterocycles. The van der Waals surface area contributed by atoms with E-state index in [0.717, 1.165) is 18.7 Å². The quantitative estimate of drug-likeness (QED) is 0.798. The van der Waals surface area contributed by atoms with Crippen LogP contribution >= 0.6 is 10.7 Å². The zero-order valence-corrected chi connectivity index (χ0v) is 13.8. The molecule has 1 heterocycles. The molecule has 0 N–H and O–H groups in total. The Morgan fingerprint density at radius 1 is 1.19 bits per heavy atom. The van der Waals surface area contributed by atoms with E-state index in [4.69, 9.17) is 10.7 Å². The number of carbonyl (C=O) groups is 1.